The van der Waals surface area contributed by atoms with Gasteiger partial charge in [-0.15, -0.1) is 0 Å². The SMILES string of the molecule is CC(C)(O)C(CO)C(=N)C(=O)O. The van der Waals surface area contributed by atoms with Gasteiger partial charge in [0.15, 0.2) is 0 Å². The number of carbonyl (C=O) groups is 1. The van der Waals surface area contributed by atoms with Gasteiger partial charge in [-0.3, -0.25) is 5.41 Å². The molecule has 0 bridgehead atoms. The standard InChI is InChI=1S/C7H13NO4/c1-7(2,12)4(3-9)5(8)6(10)11/h4,8-9,12H,3H2,1-2H3,(H,10,11). The second kappa shape index (κ2) is 3.64. The van der Waals surface area contributed by atoms with Crippen LogP contribution in [-0.2, 0) is 4.79 Å². The maximum atomic E-state index is 10.3. The van der Waals surface area contributed by atoms with Gasteiger partial charge < -0.3 is 15.3 Å². The van der Waals surface area contributed by atoms with Gasteiger partial charge in [0.2, 0.25) is 0 Å². The van der Waals surface area contributed by atoms with Gasteiger partial charge in [-0.25, -0.2) is 4.79 Å². The van der Waals surface area contributed by atoms with Crippen LogP contribution in [0.3, 0.4) is 0 Å². The molecule has 0 fully saturated rings. The molecule has 0 aliphatic heterocycles. The van der Waals surface area contributed by atoms with Crippen LogP contribution in [0.5, 0.6) is 0 Å². The summed E-state index contributed by atoms with van der Waals surface area (Å²) in [7, 11) is 0. The Labute approximate surface area is 70.2 Å². The zero-order chi connectivity index (χ0) is 9.94. The Balaban J connectivity index is 4.58. The van der Waals surface area contributed by atoms with Crippen LogP contribution in [-0.4, -0.2) is 39.2 Å². The van der Waals surface area contributed by atoms with Crippen molar-refractivity contribution >= 4 is 11.7 Å². The normalized spacial score (nSPS) is 14.0. The van der Waals surface area contributed by atoms with Crippen LogP contribution >= 0.6 is 0 Å². The fourth-order valence-electron chi connectivity index (χ4n) is 0.817. The molecule has 0 heterocycles. The Morgan fingerprint density at radius 1 is 1.58 bits per heavy atom. The van der Waals surface area contributed by atoms with Gasteiger partial charge in [0.25, 0.3) is 0 Å². The summed E-state index contributed by atoms with van der Waals surface area (Å²) in [5.74, 6) is -2.47. The van der Waals surface area contributed by atoms with Crippen LogP contribution in [0, 0.1) is 11.3 Å². The van der Waals surface area contributed by atoms with E-state index in [0.717, 1.165) is 0 Å². The van der Waals surface area contributed by atoms with Crippen LogP contribution in [0.4, 0.5) is 0 Å². The van der Waals surface area contributed by atoms with Gasteiger partial charge in [0, 0.05) is 0 Å². The summed E-state index contributed by atoms with van der Waals surface area (Å²) < 4.78 is 0. The lowest BCUT2D eigenvalue weighted by Gasteiger charge is -2.26. The monoisotopic (exact) mass is 175 g/mol. The third kappa shape index (κ3) is 2.60. The van der Waals surface area contributed by atoms with E-state index in [9.17, 15) is 9.90 Å². The first kappa shape index (κ1) is 11.1. The smallest absolute Gasteiger partial charge is 0.349 e. The van der Waals surface area contributed by atoms with E-state index in [1.165, 1.54) is 13.8 Å². The first-order valence-electron chi connectivity index (χ1n) is 3.45. The molecule has 1 atom stereocenters. The number of aliphatic hydroxyl groups excluding tert-OH is 1. The summed E-state index contributed by atoms with van der Waals surface area (Å²) in [5.41, 5.74) is -2.06. The largest absolute Gasteiger partial charge is 0.477 e. The summed E-state index contributed by atoms with van der Waals surface area (Å²) in [6.07, 6.45) is 0. The van der Waals surface area contributed by atoms with E-state index in [-0.39, 0.29) is 0 Å². The maximum absolute atomic E-state index is 10.3. The van der Waals surface area contributed by atoms with Crippen LogP contribution in [0.2, 0.25) is 0 Å². The molecule has 0 saturated carbocycles. The summed E-state index contributed by atoms with van der Waals surface area (Å²) in [6.45, 7) is 2.16. The molecule has 1 unspecified atom stereocenters. The lowest BCUT2D eigenvalue weighted by molar-refractivity contribution is -0.130. The molecule has 0 spiro atoms. The Morgan fingerprint density at radius 2 is 2.00 bits per heavy atom. The Hall–Kier alpha value is -0.940. The first-order chi connectivity index (χ1) is 5.30. The van der Waals surface area contributed by atoms with Gasteiger partial charge in [-0.2, -0.15) is 0 Å². The molecular formula is C7H13NO4. The Morgan fingerprint density at radius 3 is 2.08 bits per heavy atom. The molecule has 0 aromatic heterocycles. The molecule has 4 N–H and O–H groups in total. The predicted molar refractivity (Wildman–Crippen MR) is 42.2 cm³/mol. The molecule has 0 amide bonds. The Bertz CT molecular complexity index is 194. The van der Waals surface area contributed by atoms with Crippen LogP contribution in [0.25, 0.3) is 0 Å². The third-order valence-corrected chi connectivity index (χ3v) is 1.61. The second-order valence-corrected chi connectivity index (χ2v) is 3.11. The third-order valence-electron chi connectivity index (χ3n) is 1.61. The number of hydrogen-bond acceptors (Lipinski definition) is 4. The van der Waals surface area contributed by atoms with E-state index in [2.05, 4.69) is 0 Å². The van der Waals surface area contributed by atoms with Crippen molar-refractivity contribution in [2.75, 3.05) is 6.61 Å². The van der Waals surface area contributed by atoms with E-state index in [4.69, 9.17) is 15.6 Å². The topological polar surface area (TPSA) is 102 Å². The average Bonchev–Trinajstić information content (AvgIpc) is 1.85. The highest BCUT2D eigenvalue weighted by atomic mass is 16.4. The highest BCUT2D eigenvalue weighted by Crippen LogP contribution is 2.16. The van der Waals surface area contributed by atoms with E-state index in [1.54, 1.807) is 0 Å². The van der Waals surface area contributed by atoms with Crippen LogP contribution in [0.15, 0.2) is 0 Å². The summed E-state index contributed by atoms with van der Waals surface area (Å²) in [6, 6.07) is 0. The van der Waals surface area contributed by atoms with Crippen molar-refractivity contribution in [3.63, 3.8) is 0 Å². The van der Waals surface area contributed by atoms with Crippen molar-refractivity contribution in [2.24, 2.45) is 5.92 Å². The average molecular weight is 175 g/mol. The zero-order valence-corrected chi connectivity index (χ0v) is 7.03. The van der Waals surface area contributed by atoms with Gasteiger partial charge in [-0.05, 0) is 13.8 Å². The van der Waals surface area contributed by atoms with Crippen LogP contribution < -0.4 is 0 Å². The molecule has 0 rings (SSSR count). The minimum atomic E-state index is -1.42. The van der Waals surface area contributed by atoms with Gasteiger partial charge in [0.1, 0.15) is 5.71 Å². The van der Waals surface area contributed by atoms with Crippen molar-refractivity contribution in [2.45, 2.75) is 19.4 Å². The maximum Gasteiger partial charge on any atom is 0.349 e. The molecule has 12 heavy (non-hydrogen) atoms. The molecule has 0 aromatic carbocycles. The number of carboxylic acid groups (broad SMARTS) is 1. The molecule has 0 aliphatic carbocycles. The van der Waals surface area contributed by atoms with E-state index in [1.807, 2.05) is 0 Å². The van der Waals surface area contributed by atoms with Crippen molar-refractivity contribution < 1.29 is 20.1 Å². The molecule has 0 aromatic rings. The number of nitrogens with one attached hydrogen (secondary N) is 1. The molecule has 0 aliphatic rings. The zero-order valence-electron chi connectivity index (χ0n) is 7.03. The molecule has 0 radical (unpaired) electrons. The van der Waals surface area contributed by atoms with Crippen molar-refractivity contribution in [1.29, 1.82) is 5.41 Å². The number of carboxylic acids is 1. The number of hydrogen-bond donors (Lipinski definition) is 4. The lowest BCUT2D eigenvalue weighted by atomic mass is 9.87. The summed E-state index contributed by atoms with van der Waals surface area (Å²) in [4.78, 5) is 10.3. The van der Waals surface area contributed by atoms with Crippen LogP contribution in [0.1, 0.15) is 13.8 Å². The minimum absolute atomic E-state index is 0.547. The number of aliphatic carboxylic acids is 1. The Kier molecular flexibility index (Phi) is 3.36. The minimum Gasteiger partial charge on any atom is -0.477 e. The second-order valence-electron chi connectivity index (χ2n) is 3.11. The van der Waals surface area contributed by atoms with E-state index in [0.29, 0.717) is 0 Å². The number of rotatable bonds is 4. The fourth-order valence-corrected chi connectivity index (χ4v) is 0.817. The molecule has 0 saturated heterocycles. The summed E-state index contributed by atoms with van der Waals surface area (Å²) in [5, 5.41) is 33.5. The van der Waals surface area contributed by atoms with E-state index >= 15 is 0 Å². The van der Waals surface area contributed by atoms with Gasteiger partial charge in [0.05, 0.1) is 18.1 Å². The highest BCUT2D eigenvalue weighted by molar-refractivity contribution is 6.35. The van der Waals surface area contributed by atoms with Crippen molar-refractivity contribution in [3.8, 4) is 0 Å². The van der Waals surface area contributed by atoms with Crippen molar-refractivity contribution in [1.82, 2.24) is 0 Å². The molecule has 5 nitrogen and oxygen atoms in total. The molecule has 70 valence electrons. The lowest BCUT2D eigenvalue weighted by Crippen LogP contribution is -2.42. The van der Waals surface area contributed by atoms with Gasteiger partial charge >= 0.3 is 5.97 Å². The predicted octanol–water partition coefficient (Wildman–Crippen LogP) is -0.530. The van der Waals surface area contributed by atoms with E-state index < -0.39 is 29.8 Å². The quantitative estimate of drug-likeness (QED) is 0.431. The summed E-state index contributed by atoms with van der Waals surface area (Å²) >= 11 is 0. The molecule has 5 heteroatoms. The van der Waals surface area contributed by atoms with Crippen molar-refractivity contribution in [3.05, 3.63) is 0 Å². The highest BCUT2D eigenvalue weighted by Gasteiger charge is 2.33. The first-order valence-corrected chi connectivity index (χ1v) is 3.45. The van der Waals surface area contributed by atoms with Gasteiger partial charge in [-0.1, -0.05) is 0 Å². The molecular weight excluding hydrogens is 162 g/mol. The fraction of sp³-hybridized carbons (Fsp3) is 0.714. The number of aliphatic hydroxyl groups is 2.